The molecule has 0 aliphatic heterocycles. The van der Waals surface area contributed by atoms with Crippen molar-refractivity contribution in [2.45, 2.75) is 52.9 Å². The van der Waals surface area contributed by atoms with Crippen LogP contribution in [0.5, 0.6) is 11.5 Å². The molecule has 0 fully saturated rings. The first-order chi connectivity index (χ1) is 13.0. The highest BCUT2D eigenvalue weighted by atomic mass is 16.5. The van der Waals surface area contributed by atoms with Crippen molar-refractivity contribution in [3.8, 4) is 11.5 Å². The van der Waals surface area contributed by atoms with Gasteiger partial charge in [0.05, 0.1) is 18.8 Å². The largest absolute Gasteiger partial charge is 0.491 e. The Labute approximate surface area is 162 Å². The highest BCUT2D eigenvalue weighted by molar-refractivity contribution is 5.92. The number of ether oxygens (including phenoxy) is 2. The predicted octanol–water partition coefficient (Wildman–Crippen LogP) is 4.38. The molecule has 0 aliphatic carbocycles. The summed E-state index contributed by atoms with van der Waals surface area (Å²) in [5.74, 6) is 1.53. The summed E-state index contributed by atoms with van der Waals surface area (Å²) < 4.78 is 11.4. The van der Waals surface area contributed by atoms with Gasteiger partial charge >= 0.3 is 0 Å². The van der Waals surface area contributed by atoms with Gasteiger partial charge in [0.2, 0.25) is 5.91 Å². The molecule has 5 nitrogen and oxygen atoms in total. The molecule has 1 atom stereocenters. The average Bonchev–Trinajstić information content (AvgIpc) is 2.63. The minimum absolute atomic E-state index is 0.0875. The summed E-state index contributed by atoms with van der Waals surface area (Å²) in [6.45, 7) is 8.96. The van der Waals surface area contributed by atoms with Crippen LogP contribution < -0.4 is 20.1 Å². The first-order valence-corrected chi connectivity index (χ1v) is 9.49. The van der Waals surface area contributed by atoms with E-state index in [0.29, 0.717) is 6.54 Å². The summed E-state index contributed by atoms with van der Waals surface area (Å²) in [6.07, 6.45) is 1.24. The van der Waals surface area contributed by atoms with Gasteiger partial charge in [-0.2, -0.15) is 0 Å². The van der Waals surface area contributed by atoms with Crippen LogP contribution in [0.1, 0.15) is 39.7 Å². The molecule has 0 aliphatic rings. The van der Waals surface area contributed by atoms with Crippen molar-refractivity contribution in [1.82, 2.24) is 5.32 Å². The second-order valence-electron chi connectivity index (χ2n) is 6.83. The molecule has 146 valence electrons. The summed E-state index contributed by atoms with van der Waals surface area (Å²) in [6, 6.07) is 15.4. The average molecular weight is 370 g/mol. The number of nitrogens with one attached hydrogen (secondary N) is 2. The third-order valence-corrected chi connectivity index (χ3v) is 3.94. The van der Waals surface area contributed by atoms with E-state index in [1.807, 2.05) is 69.3 Å². The lowest BCUT2D eigenvalue weighted by Crippen LogP contribution is -2.27. The van der Waals surface area contributed by atoms with E-state index in [4.69, 9.17) is 9.47 Å². The zero-order valence-corrected chi connectivity index (χ0v) is 16.6. The lowest BCUT2D eigenvalue weighted by atomic mass is 10.2. The maximum absolute atomic E-state index is 12.1. The van der Waals surface area contributed by atoms with Crippen LogP contribution in [-0.4, -0.2) is 24.7 Å². The smallest absolute Gasteiger partial charge is 0.238 e. The maximum atomic E-state index is 12.1. The lowest BCUT2D eigenvalue weighted by Gasteiger charge is -2.14. The highest BCUT2D eigenvalue weighted by Crippen LogP contribution is 2.19. The fourth-order valence-electron chi connectivity index (χ4n) is 2.45. The standard InChI is InChI=1S/C22H30N2O3/c1-5-17(4)27-21-8-6-7-19(13-21)24-22(25)15-23-14-18-9-11-20(12-10-18)26-16(2)3/h6-13,16-17,23H,5,14-15H2,1-4H3,(H,24,25). The fourth-order valence-corrected chi connectivity index (χ4v) is 2.45. The Bertz CT molecular complexity index is 714. The summed E-state index contributed by atoms with van der Waals surface area (Å²) in [7, 11) is 0. The molecule has 0 saturated heterocycles. The molecule has 1 amide bonds. The van der Waals surface area contributed by atoms with E-state index in [1.165, 1.54) is 0 Å². The Hall–Kier alpha value is -2.53. The van der Waals surface area contributed by atoms with Gasteiger partial charge < -0.3 is 20.1 Å². The van der Waals surface area contributed by atoms with Crippen LogP contribution in [0, 0.1) is 0 Å². The summed E-state index contributed by atoms with van der Waals surface area (Å²) in [5, 5.41) is 6.04. The van der Waals surface area contributed by atoms with Gasteiger partial charge in [-0.3, -0.25) is 4.79 Å². The Morgan fingerprint density at radius 3 is 2.41 bits per heavy atom. The van der Waals surface area contributed by atoms with Crippen molar-refractivity contribution in [3.63, 3.8) is 0 Å². The van der Waals surface area contributed by atoms with E-state index in [0.717, 1.165) is 29.2 Å². The van der Waals surface area contributed by atoms with Crippen LogP contribution in [0.3, 0.4) is 0 Å². The van der Waals surface area contributed by atoms with Gasteiger partial charge in [-0.15, -0.1) is 0 Å². The zero-order chi connectivity index (χ0) is 19.6. The molecular weight excluding hydrogens is 340 g/mol. The van der Waals surface area contributed by atoms with Crippen molar-refractivity contribution in [2.75, 3.05) is 11.9 Å². The van der Waals surface area contributed by atoms with Gasteiger partial charge in [0.1, 0.15) is 11.5 Å². The van der Waals surface area contributed by atoms with E-state index in [-0.39, 0.29) is 24.7 Å². The number of hydrogen-bond acceptors (Lipinski definition) is 4. The van der Waals surface area contributed by atoms with Gasteiger partial charge in [0.25, 0.3) is 0 Å². The highest BCUT2D eigenvalue weighted by Gasteiger charge is 2.05. The minimum Gasteiger partial charge on any atom is -0.491 e. The van der Waals surface area contributed by atoms with E-state index in [2.05, 4.69) is 17.6 Å². The second-order valence-corrected chi connectivity index (χ2v) is 6.83. The molecule has 0 aromatic heterocycles. The molecule has 0 saturated carbocycles. The SMILES string of the molecule is CCC(C)Oc1cccc(NC(=O)CNCc2ccc(OC(C)C)cc2)c1. The number of rotatable bonds is 10. The van der Waals surface area contributed by atoms with Crippen LogP contribution in [-0.2, 0) is 11.3 Å². The Morgan fingerprint density at radius 1 is 1.00 bits per heavy atom. The van der Waals surface area contributed by atoms with Crippen LogP contribution in [0.2, 0.25) is 0 Å². The van der Waals surface area contributed by atoms with Gasteiger partial charge in [0.15, 0.2) is 0 Å². The van der Waals surface area contributed by atoms with Gasteiger partial charge in [-0.25, -0.2) is 0 Å². The number of carbonyl (C=O) groups excluding carboxylic acids is 1. The lowest BCUT2D eigenvalue weighted by molar-refractivity contribution is -0.115. The maximum Gasteiger partial charge on any atom is 0.238 e. The molecule has 27 heavy (non-hydrogen) atoms. The minimum atomic E-state index is -0.0875. The van der Waals surface area contributed by atoms with E-state index >= 15 is 0 Å². The fraction of sp³-hybridized carbons (Fsp3) is 0.409. The molecule has 0 spiro atoms. The quantitative estimate of drug-likeness (QED) is 0.652. The molecule has 2 rings (SSSR count). The van der Waals surface area contributed by atoms with Crippen molar-refractivity contribution in [2.24, 2.45) is 0 Å². The van der Waals surface area contributed by atoms with Crippen molar-refractivity contribution in [3.05, 3.63) is 54.1 Å². The van der Waals surface area contributed by atoms with Gasteiger partial charge in [0, 0.05) is 18.3 Å². The summed E-state index contributed by atoms with van der Waals surface area (Å²) in [4.78, 5) is 12.1. The van der Waals surface area contributed by atoms with E-state index in [1.54, 1.807) is 0 Å². The molecule has 0 radical (unpaired) electrons. The molecule has 5 heteroatoms. The molecular formula is C22H30N2O3. The molecule has 2 aromatic rings. The van der Waals surface area contributed by atoms with E-state index < -0.39 is 0 Å². The number of amides is 1. The molecule has 2 aromatic carbocycles. The zero-order valence-electron chi connectivity index (χ0n) is 16.6. The normalized spacial score (nSPS) is 11.9. The molecule has 1 unspecified atom stereocenters. The Morgan fingerprint density at radius 2 is 1.74 bits per heavy atom. The molecule has 0 heterocycles. The first-order valence-electron chi connectivity index (χ1n) is 9.49. The number of hydrogen-bond donors (Lipinski definition) is 2. The predicted molar refractivity (Wildman–Crippen MR) is 109 cm³/mol. The van der Waals surface area contributed by atoms with Crippen LogP contribution >= 0.6 is 0 Å². The second kappa shape index (κ2) is 10.6. The third kappa shape index (κ3) is 7.71. The number of benzene rings is 2. The Kier molecular flexibility index (Phi) is 8.14. The Balaban J connectivity index is 1.77. The van der Waals surface area contributed by atoms with Gasteiger partial charge in [-0.05, 0) is 57.0 Å². The summed E-state index contributed by atoms with van der Waals surface area (Å²) in [5.41, 5.74) is 1.83. The van der Waals surface area contributed by atoms with Crippen LogP contribution in [0.15, 0.2) is 48.5 Å². The number of carbonyl (C=O) groups is 1. The van der Waals surface area contributed by atoms with Crippen molar-refractivity contribution in [1.29, 1.82) is 0 Å². The number of anilines is 1. The topological polar surface area (TPSA) is 59.6 Å². The van der Waals surface area contributed by atoms with Crippen LogP contribution in [0.4, 0.5) is 5.69 Å². The molecule has 0 bridgehead atoms. The molecule has 2 N–H and O–H groups in total. The monoisotopic (exact) mass is 370 g/mol. The van der Waals surface area contributed by atoms with E-state index in [9.17, 15) is 4.79 Å². The van der Waals surface area contributed by atoms with Gasteiger partial charge in [-0.1, -0.05) is 25.1 Å². The summed E-state index contributed by atoms with van der Waals surface area (Å²) >= 11 is 0. The van der Waals surface area contributed by atoms with Crippen LogP contribution in [0.25, 0.3) is 0 Å². The van der Waals surface area contributed by atoms with Crippen molar-refractivity contribution < 1.29 is 14.3 Å². The van der Waals surface area contributed by atoms with Crippen molar-refractivity contribution >= 4 is 11.6 Å². The first kappa shape index (κ1) is 20.8. The third-order valence-electron chi connectivity index (χ3n) is 3.94.